The number of allylic oxidation sites excluding steroid dienone is 2. The molecule has 0 spiro atoms. The van der Waals surface area contributed by atoms with Crippen LogP contribution >= 0.6 is 23.3 Å². The maximum Gasteiger partial charge on any atom is 0.0902 e. The molecule has 2 heterocycles. The van der Waals surface area contributed by atoms with Crippen LogP contribution in [0.2, 0.25) is 0 Å². The second-order valence-corrected chi connectivity index (χ2v) is 25.4. The van der Waals surface area contributed by atoms with Gasteiger partial charge in [0.05, 0.1) is 24.2 Å². The molecular weight excluding hydrogens is 871 g/mol. The summed E-state index contributed by atoms with van der Waals surface area (Å²) in [6.45, 7) is 56.1. The van der Waals surface area contributed by atoms with E-state index in [0.29, 0.717) is 35.2 Å². The Bertz CT molecular complexity index is 1450. The first kappa shape index (κ1) is 74.0. The smallest absolute Gasteiger partial charge is 0.0902 e. The molecule has 4 nitrogen and oxygen atoms in total. The number of furan rings is 1. The zero-order valence-corrected chi connectivity index (χ0v) is 50.8. The number of ether oxygens (including phenoxy) is 1. The van der Waals surface area contributed by atoms with Gasteiger partial charge in [-0.1, -0.05) is 202 Å². The van der Waals surface area contributed by atoms with Gasteiger partial charge < -0.3 is 9.15 Å². The van der Waals surface area contributed by atoms with Crippen molar-refractivity contribution in [3.63, 3.8) is 0 Å². The average Bonchev–Trinajstić information content (AvgIpc) is 3.56. The van der Waals surface area contributed by atoms with Gasteiger partial charge in [0.1, 0.15) is 0 Å². The molecule has 1 aliphatic carbocycles. The standard InChI is InChI=1S/2C9H12.C7H15NOS.C7H16O.2C7H14.C4H4O.C4H4S.2C4H10/c2*1-8(2)9-6-4-3-5-7-9;1-6(2)5-7(3,4)10-8-9;1-6(2)8-7(3,4)5;1-7(2,3)6-4-5-6;1-6(2)5-7(3)4;2*1-2-4-5-3-1;2*1-4(2)3/h2*3-8H,1-2H3;6H,5H2,1-4H3;6H,1-5H3;6H,4-5H2,1-3H3;5-6H,1-4H3;2*1-4H;2*4H,1-3H3. The minimum atomic E-state index is 0.00984. The van der Waals surface area contributed by atoms with Crippen LogP contribution in [0.15, 0.2) is 129 Å². The normalized spacial score (nSPS) is 11.5. The third-order valence-corrected chi connectivity index (χ3v) is 9.39. The summed E-state index contributed by atoms with van der Waals surface area (Å²) in [7, 11) is 0. The third-order valence-electron chi connectivity index (χ3n) is 8.03. The van der Waals surface area contributed by atoms with E-state index in [0.717, 1.165) is 36.1 Å². The molecule has 6 heteroatoms. The van der Waals surface area contributed by atoms with E-state index in [-0.39, 0.29) is 10.3 Å². The van der Waals surface area contributed by atoms with Crippen molar-refractivity contribution in [1.82, 2.24) is 0 Å². The van der Waals surface area contributed by atoms with E-state index in [1.165, 1.54) is 29.5 Å². The Morgan fingerprint density at radius 3 is 1.12 bits per heavy atom. The Morgan fingerprint density at radius 1 is 0.632 bits per heavy atom. The van der Waals surface area contributed by atoms with Crippen molar-refractivity contribution in [3.8, 4) is 0 Å². The number of nitroso groups, excluding NO2 is 1. The molecule has 1 fully saturated rings. The Kier molecular flexibility index (Phi) is 49.2. The highest BCUT2D eigenvalue weighted by molar-refractivity contribution is 7.99. The molecule has 0 aliphatic heterocycles. The predicted octanol–water partition coefficient (Wildman–Crippen LogP) is 22.5. The number of hydrogen-bond donors (Lipinski definition) is 0. The van der Waals surface area contributed by atoms with Gasteiger partial charge in [-0.2, -0.15) is 11.3 Å². The Labute approximate surface area is 433 Å². The summed E-state index contributed by atoms with van der Waals surface area (Å²) in [6, 6.07) is 28.7. The van der Waals surface area contributed by atoms with E-state index in [2.05, 4.69) is 216 Å². The molecule has 5 rings (SSSR count). The molecule has 4 aromatic rings. The van der Waals surface area contributed by atoms with Crippen LogP contribution in [-0.4, -0.2) is 16.5 Å². The maximum atomic E-state index is 9.91. The molecule has 0 bridgehead atoms. The van der Waals surface area contributed by atoms with Crippen LogP contribution in [0.1, 0.15) is 222 Å². The van der Waals surface area contributed by atoms with Gasteiger partial charge in [-0.25, -0.2) is 0 Å². The van der Waals surface area contributed by atoms with Crippen molar-refractivity contribution in [1.29, 1.82) is 0 Å². The lowest BCUT2D eigenvalue weighted by Gasteiger charge is -2.22. The molecule has 0 saturated heterocycles. The number of rotatable bonds is 8. The minimum absolute atomic E-state index is 0.00984. The molecule has 2 aromatic carbocycles. The van der Waals surface area contributed by atoms with Gasteiger partial charge in [0.2, 0.25) is 0 Å². The second kappa shape index (κ2) is 45.2. The van der Waals surface area contributed by atoms with Gasteiger partial charge in [-0.15, -0.1) is 4.91 Å². The quantitative estimate of drug-likeness (QED) is 0.100. The van der Waals surface area contributed by atoms with Crippen LogP contribution in [0.5, 0.6) is 0 Å². The van der Waals surface area contributed by atoms with Crippen molar-refractivity contribution in [2.75, 3.05) is 0 Å². The summed E-state index contributed by atoms with van der Waals surface area (Å²) in [5.41, 5.74) is 4.87. The molecule has 0 N–H and O–H groups in total. The van der Waals surface area contributed by atoms with Crippen LogP contribution in [0.4, 0.5) is 0 Å². The maximum absolute atomic E-state index is 9.91. The van der Waals surface area contributed by atoms with Crippen LogP contribution in [0.3, 0.4) is 0 Å². The fourth-order valence-corrected chi connectivity index (χ4v) is 6.64. The highest BCUT2D eigenvalue weighted by Gasteiger charge is 2.33. The Balaban J connectivity index is -0.000000219. The number of benzene rings is 2. The molecule has 68 heavy (non-hydrogen) atoms. The van der Waals surface area contributed by atoms with E-state index in [1.54, 1.807) is 23.9 Å². The monoisotopic (exact) mass is 982 g/mol. The second-order valence-electron chi connectivity index (χ2n) is 23.1. The van der Waals surface area contributed by atoms with Gasteiger partial charge in [-0.3, -0.25) is 0 Å². The molecule has 394 valence electrons. The van der Waals surface area contributed by atoms with Crippen LogP contribution in [0, 0.1) is 39.9 Å². The van der Waals surface area contributed by atoms with Crippen molar-refractivity contribution >= 4 is 23.3 Å². The fraction of sp³-hybridized carbons (Fsp3) is 0.645. The van der Waals surface area contributed by atoms with E-state index in [1.807, 2.05) is 74.9 Å². The van der Waals surface area contributed by atoms with E-state index in [4.69, 9.17) is 4.74 Å². The fourth-order valence-electron chi connectivity index (χ4n) is 5.57. The largest absolute Gasteiger partial charge is 0.473 e. The first-order valence-corrected chi connectivity index (χ1v) is 27.3. The van der Waals surface area contributed by atoms with Gasteiger partial charge in [0, 0.05) is 21.3 Å². The molecule has 0 atom stereocenters. The molecule has 0 unspecified atom stereocenters. The van der Waals surface area contributed by atoms with E-state index >= 15 is 0 Å². The van der Waals surface area contributed by atoms with Gasteiger partial charge in [0.15, 0.2) is 0 Å². The molecule has 2 aromatic heterocycles. The minimum Gasteiger partial charge on any atom is -0.473 e. The predicted molar refractivity (Wildman–Crippen MR) is 314 cm³/mol. The first-order valence-electron chi connectivity index (χ1n) is 25.6. The van der Waals surface area contributed by atoms with Crippen molar-refractivity contribution < 1.29 is 9.15 Å². The molecule has 0 radical (unpaired) electrons. The molecular formula is C62H111NO3S2. The lowest BCUT2D eigenvalue weighted by atomic mass is 9.91. The molecule has 1 aliphatic rings. The average molecular weight is 983 g/mol. The lowest BCUT2D eigenvalue weighted by Crippen LogP contribution is -2.23. The zero-order chi connectivity index (χ0) is 53.9. The summed E-state index contributed by atoms with van der Waals surface area (Å²) in [4.78, 5) is 9.91. The summed E-state index contributed by atoms with van der Waals surface area (Å²) in [6.07, 6.45) is 9.83. The molecule has 0 amide bonds. The van der Waals surface area contributed by atoms with Gasteiger partial charge in [-0.05, 0) is 162 Å². The summed E-state index contributed by atoms with van der Waals surface area (Å²) in [5.74, 6) is 5.37. The SMILES string of the molecule is CC(C)(C)C1CC1.CC(C)=CC(C)C.CC(C)C.CC(C)C.CC(C)CC(C)(C)SN=O.CC(C)OC(C)(C)C.CC(C)c1ccccc1.CC(C)c1ccccc1.c1ccoc1.c1ccsc1. The topological polar surface area (TPSA) is 51.8 Å². The zero-order valence-electron chi connectivity index (χ0n) is 49.2. The Morgan fingerprint density at radius 2 is 1.00 bits per heavy atom. The number of thiophene rings is 1. The van der Waals surface area contributed by atoms with Crippen LogP contribution < -0.4 is 0 Å². The highest BCUT2D eigenvalue weighted by atomic mass is 32.2. The van der Waals surface area contributed by atoms with Crippen molar-refractivity contribution in [3.05, 3.63) is 136 Å². The van der Waals surface area contributed by atoms with E-state index in [9.17, 15) is 4.91 Å². The summed E-state index contributed by atoms with van der Waals surface area (Å²) < 4.78 is 12.9. The summed E-state index contributed by atoms with van der Waals surface area (Å²) in [5, 5.41) is 4.08. The number of hydrogen-bond acceptors (Lipinski definition) is 6. The van der Waals surface area contributed by atoms with Crippen LogP contribution in [0.25, 0.3) is 0 Å². The van der Waals surface area contributed by atoms with Crippen molar-refractivity contribution in [2.24, 2.45) is 39.6 Å². The lowest BCUT2D eigenvalue weighted by molar-refractivity contribution is -0.0424. The Hall–Kier alpha value is -2.93. The van der Waals surface area contributed by atoms with Gasteiger partial charge >= 0.3 is 0 Å². The van der Waals surface area contributed by atoms with Crippen LogP contribution in [-0.2, 0) is 4.74 Å². The number of nitrogens with zero attached hydrogens (tertiary/aromatic N) is 1. The van der Waals surface area contributed by atoms with Gasteiger partial charge in [0.25, 0.3) is 0 Å². The first-order chi connectivity index (χ1) is 31.2. The molecule has 1 saturated carbocycles. The third kappa shape index (κ3) is 72.1. The highest BCUT2D eigenvalue weighted by Crippen LogP contribution is 2.44. The van der Waals surface area contributed by atoms with Crippen molar-refractivity contribution in [2.45, 2.75) is 228 Å². The van der Waals surface area contributed by atoms with E-state index < -0.39 is 0 Å². The summed E-state index contributed by atoms with van der Waals surface area (Å²) >= 11 is 2.84.